The van der Waals surface area contributed by atoms with Gasteiger partial charge in [0.2, 0.25) is 5.91 Å². The molecule has 0 unspecified atom stereocenters. The normalized spacial score (nSPS) is 10.5. The molecule has 2 aromatic carbocycles. The van der Waals surface area contributed by atoms with E-state index in [-0.39, 0.29) is 22.2 Å². The zero-order valence-corrected chi connectivity index (χ0v) is 16.4. The Morgan fingerprint density at radius 2 is 1.85 bits per heavy atom. The van der Waals surface area contributed by atoms with Gasteiger partial charge in [-0.3, -0.25) is 14.2 Å². The van der Waals surface area contributed by atoms with Crippen LogP contribution < -0.4 is 10.9 Å². The lowest BCUT2D eigenvalue weighted by Crippen LogP contribution is -2.22. The molecule has 0 atom stereocenters. The molecule has 0 aliphatic rings. The molecule has 26 heavy (non-hydrogen) atoms. The van der Waals surface area contributed by atoms with E-state index in [0.717, 1.165) is 33.2 Å². The molecule has 1 amide bonds. The number of amides is 1. The molecule has 0 radical (unpaired) electrons. The molecule has 1 aromatic heterocycles. The maximum absolute atomic E-state index is 12.6. The number of hydrogen-bond acceptors (Lipinski definition) is 4. The van der Waals surface area contributed by atoms with Crippen LogP contribution in [0.2, 0.25) is 0 Å². The van der Waals surface area contributed by atoms with E-state index < -0.39 is 0 Å². The van der Waals surface area contributed by atoms with Crippen LogP contribution in [0, 0.1) is 6.92 Å². The summed E-state index contributed by atoms with van der Waals surface area (Å²) >= 11 is 4.50. The first kappa shape index (κ1) is 18.4. The van der Waals surface area contributed by atoms with E-state index in [9.17, 15) is 9.59 Å². The number of halogens is 1. The third-order valence-electron chi connectivity index (χ3n) is 3.59. The number of anilines is 1. The van der Waals surface area contributed by atoms with E-state index in [1.54, 1.807) is 12.4 Å². The largest absolute Gasteiger partial charge is 0.325 e. The van der Waals surface area contributed by atoms with Gasteiger partial charge in [0.05, 0.1) is 5.75 Å². The molecule has 0 aliphatic carbocycles. The molecule has 3 aromatic rings. The van der Waals surface area contributed by atoms with Crippen LogP contribution in [0.3, 0.4) is 0 Å². The zero-order chi connectivity index (χ0) is 18.5. The van der Waals surface area contributed by atoms with Gasteiger partial charge in [-0.05, 0) is 43.3 Å². The Morgan fingerprint density at radius 3 is 2.54 bits per heavy atom. The van der Waals surface area contributed by atoms with Gasteiger partial charge < -0.3 is 5.32 Å². The molecule has 3 rings (SSSR count). The number of hydrogen-bond donors (Lipinski definition) is 1. The van der Waals surface area contributed by atoms with Gasteiger partial charge in [0, 0.05) is 28.2 Å². The minimum Gasteiger partial charge on any atom is -0.325 e. The Bertz CT molecular complexity index is 969. The Balaban J connectivity index is 1.69. The van der Waals surface area contributed by atoms with Crippen molar-refractivity contribution in [2.24, 2.45) is 0 Å². The second kappa shape index (κ2) is 8.33. The van der Waals surface area contributed by atoms with Crippen LogP contribution in [0.5, 0.6) is 0 Å². The summed E-state index contributed by atoms with van der Waals surface area (Å²) in [5, 5.41) is 3.10. The first-order chi connectivity index (χ1) is 12.5. The Morgan fingerprint density at radius 1 is 1.15 bits per heavy atom. The molecule has 1 N–H and O–H groups in total. The average molecular weight is 430 g/mol. The van der Waals surface area contributed by atoms with Crippen LogP contribution in [0.1, 0.15) is 5.56 Å². The van der Waals surface area contributed by atoms with Crippen LogP contribution >= 0.6 is 27.7 Å². The van der Waals surface area contributed by atoms with E-state index in [4.69, 9.17) is 0 Å². The molecule has 5 nitrogen and oxygen atoms in total. The number of benzene rings is 2. The second-order valence-electron chi connectivity index (χ2n) is 5.59. The molecule has 0 saturated heterocycles. The number of thioether (sulfide) groups is 1. The van der Waals surface area contributed by atoms with Crippen molar-refractivity contribution in [2.75, 3.05) is 11.1 Å². The molecule has 7 heteroatoms. The number of nitrogens with zero attached hydrogens (tertiary/aromatic N) is 2. The van der Waals surface area contributed by atoms with Gasteiger partial charge in [0.1, 0.15) is 0 Å². The highest BCUT2D eigenvalue weighted by Crippen LogP contribution is 2.15. The molecule has 0 saturated carbocycles. The molecule has 0 fully saturated rings. The van der Waals surface area contributed by atoms with E-state index in [1.165, 1.54) is 4.57 Å². The minimum absolute atomic E-state index is 0.112. The fraction of sp³-hybridized carbons (Fsp3) is 0.105. The van der Waals surface area contributed by atoms with Gasteiger partial charge in [-0.2, -0.15) is 0 Å². The van der Waals surface area contributed by atoms with Crippen molar-refractivity contribution in [3.63, 3.8) is 0 Å². The molecular weight excluding hydrogens is 414 g/mol. The van der Waals surface area contributed by atoms with Crippen molar-refractivity contribution in [1.29, 1.82) is 0 Å². The lowest BCUT2D eigenvalue weighted by atomic mass is 10.2. The zero-order valence-electron chi connectivity index (χ0n) is 14.0. The maximum Gasteiger partial charge on any atom is 0.287 e. The standard InChI is InChI=1S/C19H16BrN3O2S/c1-13-2-6-15(7-3-13)22-17(24)12-26-18-19(25)23(11-10-21-18)16-8-4-14(20)5-9-16/h2-11H,12H2,1H3,(H,22,24). The first-order valence-corrected chi connectivity index (χ1v) is 9.64. The van der Waals surface area contributed by atoms with Gasteiger partial charge in [0.25, 0.3) is 5.56 Å². The lowest BCUT2D eigenvalue weighted by molar-refractivity contribution is -0.113. The maximum atomic E-state index is 12.6. The highest BCUT2D eigenvalue weighted by atomic mass is 79.9. The number of aromatic nitrogens is 2. The summed E-state index contributed by atoms with van der Waals surface area (Å²) in [5.41, 5.74) is 2.35. The van der Waals surface area contributed by atoms with Crippen molar-refractivity contribution in [3.8, 4) is 5.69 Å². The van der Waals surface area contributed by atoms with Crippen LogP contribution in [0.25, 0.3) is 5.69 Å². The number of carbonyl (C=O) groups excluding carboxylic acids is 1. The third-order valence-corrected chi connectivity index (χ3v) is 5.08. The summed E-state index contributed by atoms with van der Waals surface area (Å²) < 4.78 is 2.45. The van der Waals surface area contributed by atoms with Crippen LogP contribution in [-0.2, 0) is 4.79 Å². The summed E-state index contributed by atoms with van der Waals surface area (Å²) in [6, 6.07) is 15.0. The number of nitrogens with one attached hydrogen (secondary N) is 1. The molecule has 0 spiro atoms. The Hall–Kier alpha value is -2.38. The quantitative estimate of drug-likeness (QED) is 0.621. The van der Waals surface area contributed by atoms with Crippen LogP contribution in [-0.4, -0.2) is 21.2 Å². The second-order valence-corrected chi connectivity index (χ2v) is 7.47. The van der Waals surface area contributed by atoms with E-state index in [0.29, 0.717) is 0 Å². The van der Waals surface area contributed by atoms with Crippen molar-refractivity contribution in [1.82, 2.24) is 9.55 Å². The predicted molar refractivity (Wildman–Crippen MR) is 108 cm³/mol. The van der Waals surface area contributed by atoms with Crippen molar-refractivity contribution >= 4 is 39.3 Å². The highest BCUT2D eigenvalue weighted by molar-refractivity contribution is 9.10. The van der Waals surface area contributed by atoms with Gasteiger partial charge in [0.15, 0.2) is 5.03 Å². The average Bonchev–Trinajstić information content (AvgIpc) is 2.64. The Kier molecular flexibility index (Phi) is 5.90. The SMILES string of the molecule is Cc1ccc(NC(=O)CSc2nccn(-c3ccc(Br)cc3)c2=O)cc1. The van der Waals surface area contributed by atoms with Gasteiger partial charge in [-0.1, -0.05) is 45.4 Å². The van der Waals surface area contributed by atoms with Gasteiger partial charge in [-0.25, -0.2) is 4.98 Å². The van der Waals surface area contributed by atoms with Crippen molar-refractivity contribution in [3.05, 3.63) is 81.3 Å². The summed E-state index contributed by atoms with van der Waals surface area (Å²) in [5.74, 6) is -0.0698. The highest BCUT2D eigenvalue weighted by Gasteiger charge is 2.10. The van der Waals surface area contributed by atoms with Crippen molar-refractivity contribution < 1.29 is 4.79 Å². The van der Waals surface area contributed by atoms with Crippen molar-refractivity contribution in [2.45, 2.75) is 11.9 Å². The number of aryl methyl sites for hydroxylation is 1. The summed E-state index contributed by atoms with van der Waals surface area (Å²) in [6.07, 6.45) is 3.17. The lowest BCUT2D eigenvalue weighted by Gasteiger charge is -2.08. The monoisotopic (exact) mass is 429 g/mol. The Labute approximate surface area is 163 Å². The van der Waals surface area contributed by atoms with E-state index in [2.05, 4.69) is 26.2 Å². The molecule has 0 aliphatic heterocycles. The minimum atomic E-state index is -0.247. The number of carbonyl (C=O) groups is 1. The van der Waals surface area contributed by atoms with E-state index in [1.807, 2.05) is 55.5 Å². The third kappa shape index (κ3) is 4.62. The molecule has 132 valence electrons. The smallest absolute Gasteiger partial charge is 0.287 e. The molecule has 1 heterocycles. The summed E-state index contributed by atoms with van der Waals surface area (Å²) in [6.45, 7) is 1.99. The summed E-state index contributed by atoms with van der Waals surface area (Å²) in [4.78, 5) is 28.8. The molecule has 0 bridgehead atoms. The first-order valence-electron chi connectivity index (χ1n) is 7.86. The molecular formula is C19H16BrN3O2S. The van der Waals surface area contributed by atoms with E-state index >= 15 is 0 Å². The van der Waals surface area contributed by atoms with Gasteiger partial charge in [-0.15, -0.1) is 0 Å². The van der Waals surface area contributed by atoms with Crippen LogP contribution in [0.15, 0.2) is 75.2 Å². The summed E-state index contributed by atoms with van der Waals surface area (Å²) in [7, 11) is 0. The fourth-order valence-electron chi connectivity index (χ4n) is 2.27. The topological polar surface area (TPSA) is 64.0 Å². The number of rotatable bonds is 5. The van der Waals surface area contributed by atoms with Gasteiger partial charge >= 0.3 is 0 Å². The predicted octanol–water partition coefficient (Wildman–Crippen LogP) is 4.03. The van der Waals surface area contributed by atoms with Crippen LogP contribution in [0.4, 0.5) is 5.69 Å². The fourth-order valence-corrected chi connectivity index (χ4v) is 3.23.